The number of esters is 1. The number of ether oxygens (including phenoxy) is 1. The van der Waals surface area contributed by atoms with Crippen LogP contribution in [0.25, 0.3) is 0 Å². The molecule has 6 nitrogen and oxygen atoms in total. The molecule has 0 aromatic rings. The molecule has 0 saturated carbocycles. The van der Waals surface area contributed by atoms with Gasteiger partial charge in [0.15, 0.2) is 0 Å². The third kappa shape index (κ3) is 4.05. The van der Waals surface area contributed by atoms with Crippen molar-refractivity contribution in [1.29, 1.82) is 0 Å². The van der Waals surface area contributed by atoms with Crippen molar-refractivity contribution in [2.45, 2.75) is 45.6 Å². The van der Waals surface area contributed by atoms with Gasteiger partial charge < -0.3 is 10.5 Å². The summed E-state index contributed by atoms with van der Waals surface area (Å²) in [5.41, 5.74) is 7.59. The number of nitrogens with zero attached hydrogens (tertiary/aromatic N) is 1. The highest BCUT2D eigenvalue weighted by Gasteiger charge is 2.35. The molecule has 2 amide bonds. The number of hydrazone groups is 1. The predicted molar refractivity (Wildman–Crippen MR) is 63.3 cm³/mol. The van der Waals surface area contributed by atoms with E-state index in [1.807, 2.05) is 0 Å². The molecule has 1 aliphatic rings. The van der Waals surface area contributed by atoms with E-state index in [1.54, 1.807) is 6.92 Å². The van der Waals surface area contributed by atoms with Crippen LogP contribution in [0.5, 0.6) is 0 Å². The first-order chi connectivity index (χ1) is 8.04. The smallest absolute Gasteiger partial charge is 0.332 e. The number of nitrogens with two attached hydrogens (primary N) is 1. The molecule has 1 aliphatic heterocycles. The van der Waals surface area contributed by atoms with Crippen LogP contribution in [0.4, 0.5) is 4.79 Å². The van der Waals surface area contributed by atoms with Crippen molar-refractivity contribution in [2.24, 2.45) is 16.8 Å². The summed E-state index contributed by atoms with van der Waals surface area (Å²) >= 11 is 0. The zero-order valence-electron chi connectivity index (χ0n) is 10.2. The second-order valence-electron chi connectivity index (χ2n) is 4.23. The molecular weight excluding hydrogens is 222 g/mol. The molecule has 0 aliphatic carbocycles. The number of cyclic esters (lactones) is 1. The molecule has 1 saturated heterocycles. The molecule has 0 unspecified atom stereocenters. The highest BCUT2D eigenvalue weighted by molar-refractivity contribution is 5.91. The van der Waals surface area contributed by atoms with Crippen LogP contribution < -0.4 is 11.2 Å². The summed E-state index contributed by atoms with van der Waals surface area (Å²) in [5, 5.41) is 3.77. The number of primary amides is 1. The third-order valence-electron chi connectivity index (χ3n) is 2.80. The Morgan fingerprint density at radius 1 is 1.65 bits per heavy atom. The van der Waals surface area contributed by atoms with Crippen LogP contribution in [0.1, 0.15) is 39.5 Å². The van der Waals surface area contributed by atoms with Crippen LogP contribution in [-0.2, 0) is 9.53 Å². The van der Waals surface area contributed by atoms with Gasteiger partial charge in [-0.1, -0.05) is 19.8 Å². The second-order valence-corrected chi connectivity index (χ2v) is 4.23. The van der Waals surface area contributed by atoms with Crippen LogP contribution in [0.3, 0.4) is 0 Å². The average Bonchev–Trinajstić information content (AvgIpc) is 2.65. The van der Waals surface area contributed by atoms with Gasteiger partial charge in [0.05, 0.1) is 11.6 Å². The number of rotatable bonds is 5. The van der Waals surface area contributed by atoms with Gasteiger partial charge in [-0.3, -0.25) is 4.79 Å². The summed E-state index contributed by atoms with van der Waals surface area (Å²) in [4.78, 5) is 22.0. The normalized spacial score (nSPS) is 24.6. The van der Waals surface area contributed by atoms with E-state index in [0.29, 0.717) is 12.1 Å². The maximum Gasteiger partial charge on any atom is 0.332 e. The minimum atomic E-state index is -0.726. The van der Waals surface area contributed by atoms with Gasteiger partial charge in [-0.15, -0.1) is 0 Å². The molecule has 0 bridgehead atoms. The summed E-state index contributed by atoms with van der Waals surface area (Å²) in [5.74, 6) is -0.212. The quantitative estimate of drug-likeness (QED) is 0.429. The van der Waals surface area contributed by atoms with Crippen molar-refractivity contribution in [2.75, 3.05) is 0 Å². The Morgan fingerprint density at radius 3 is 2.94 bits per heavy atom. The second kappa shape index (κ2) is 6.22. The number of unbranched alkanes of at least 4 members (excludes halogenated alkanes) is 1. The minimum absolute atomic E-state index is 0.0429. The highest BCUT2D eigenvalue weighted by Crippen LogP contribution is 2.26. The lowest BCUT2D eigenvalue weighted by Crippen LogP contribution is -2.28. The van der Waals surface area contributed by atoms with Crippen LogP contribution >= 0.6 is 0 Å². The zero-order valence-corrected chi connectivity index (χ0v) is 10.2. The Labute approximate surface area is 101 Å². The fraction of sp³-hybridized carbons (Fsp3) is 0.727. The topological polar surface area (TPSA) is 93.8 Å². The molecule has 0 aromatic carbocycles. The number of urea groups is 1. The van der Waals surface area contributed by atoms with Crippen molar-refractivity contribution in [1.82, 2.24) is 5.43 Å². The lowest BCUT2D eigenvalue weighted by atomic mass is 9.97. The standard InChI is InChI=1S/C11H19N3O3/c1-3-4-5-8-6-9(17-10(8)15)7(2)13-14-11(12)16/h8-9H,3-6H2,1-2H3,(H3,12,14,16)/b13-7-/t8-,9-/m1/s1. The maximum atomic E-state index is 11.5. The third-order valence-corrected chi connectivity index (χ3v) is 2.80. The first-order valence-corrected chi connectivity index (χ1v) is 5.84. The van der Waals surface area contributed by atoms with Gasteiger partial charge in [0.25, 0.3) is 0 Å². The van der Waals surface area contributed by atoms with Gasteiger partial charge >= 0.3 is 12.0 Å². The summed E-state index contributed by atoms with van der Waals surface area (Å²) in [6.07, 6.45) is 3.22. The maximum absolute atomic E-state index is 11.5. The molecule has 0 aromatic heterocycles. The molecule has 0 spiro atoms. The summed E-state index contributed by atoms with van der Waals surface area (Å²) in [7, 11) is 0. The van der Waals surface area contributed by atoms with E-state index in [4.69, 9.17) is 10.5 Å². The predicted octanol–water partition coefficient (Wildman–Crippen LogP) is 1.15. The van der Waals surface area contributed by atoms with Crippen LogP contribution in [-0.4, -0.2) is 23.8 Å². The Hall–Kier alpha value is -1.59. The molecule has 3 N–H and O–H groups in total. The Morgan fingerprint density at radius 2 is 2.35 bits per heavy atom. The van der Waals surface area contributed by atoms with Crippen molar-refractivity contribution in [3.63, 3.8) is 0 Å². The molecule has 1 fully saturated rings. The molecule has 1 heterocycles. The van der Waals surface area contributed by atoms with E-state index in [2.05, 4.69) is 17.5 Å². The fourth-order valence-electron chi connectivity index (χ4n) is 1.80. The number of nitrogens with one attached hydrogen (secondary N) is 1. The summed E-state index contributed by atoms with van der Waals surface area (Å²) < 4.78 is 5.20. The highest BCUT2D eigenvalue weighted by atomic mass is 16.6. The van der Waals surface area contributed by atoms with E-state index < -0.39 is 6.03 Å². The largest absolute Gasteiger partial charge is 0.456 e. The fourth-order valence-corrected chi connectivity index (χ4v) is 1.80. The molecule has 17 heavy (non-hydrogen) atoms. The van der Waals surface area contributed by atoms with Crippen molar-refractivity contribution < 1.29 is 14.3 Å². The molecule has 2 atom stereocenters. The van der Waals surface area contributed by atoms with Crippen LogP contribution in [0.15, 0.2) is 5.10 Å². The van der Waals surface area contributed by atoms with Gasteiger partial charge in [0, 0.05) is 6.42 Å². The van der Waals surface area contributed by atoms with E-state index >= 15 is 0 Å². The van der Waals surface area contributed by atoms with Gasteiger partial charge in [0.1, 0.15) is 6.10 Å². The van der Waals surface area contributed by atoms with Gasteiger partial charge in [-0.2, -0.15) is 5.10 Å². The summed E-state index contributed by atoms with van der Waals surface area (Å²) in [6.45, 7) is 3.79. The molecule has 1 rings (SSSR count). The van der Waals surface area contributed by atoms with Crippen molar-refractivity contribution in [3.05, 3.63) is 0 Å². The minimum Gasteiger partial charge on any atom is -0.456 e. The Bertz CT molecular complexity index is 328. The number of amides is 2. The lowest BCUT2D eigenvalue weighted by molar-refractivity contribution is -0.142. The molecule has 6 heteroatoms. The van der Waals surface area contributed by atoms with Gasteiger partial charge in [-0.25, -0.2) is 10.2 Å². The number of carbonyl (C=O) groups excluding carboxylic acids is 2. The first-order valence-electron chi connectivity index (χ1n) is 5.84. The lowest BCUT2D eigenvalue weighted by Gasteiger charge is -2.07. The van der Waals surface area contributed by atoms with E-state index in [0.717, 1.165) is 19.3 Å². The van der Waals surface area contributed by atoms with Gasteiger partial charge in [0.2, 0.25) is 0 Å². The van der Waals surface area contributed by atoms with Crippen LogP contribution in [0, 0.1) is 5.92 Å². The number of hydrogen-bond acceptors (Lipinski definition) is 4. The molecule has 96 valence electrons. The first kappa shape index (κ1) is 13.5. The molecule has 0 radical (unpaired) electrons. The zero-order chi connectivity index (χ0) is 12.8. The Kier molecular flexibility index (Phi) is 4.93. The number of carbonyl (C=O) groups is 2. The molecular formula is C11H19N3O3. The van der Waals surface area contributed by atoms with Crippen molar-refractivity contribution >= 4 is 17.7 Å². The number of hydrogen-bond donors (Lipinski definition) is 2. The average molecular weight is 241 g/mol. The Balaban J connectivity index is 2.50. The van der Waals surface area contributed by atoms with Crippen molar-refractivity contribution in [3.8, 4) is 0 Å². The van der Waals surface area contributed by atoms with E-state index in [9.17, 15) is 9.59 Å². The van der Waals surface area contributed by atoms with E-state index in [1.165, 1.54) is 0 Å². The SMILES string of the molecule is CCCC[C@@H]1C[C@H](/C(C)=N\NC(N)=O)OC1=O. The van der Waals surface area contributed by atoms with Crippen LogP contribution in [0.2, 0.25) is 0 Å². The summed E-state index contributed by atoms with van der Waals surface area (Å²) in [6, 6.07) is -0.726. The van der Waals surface area contributed by atoms with Gasteiger partial charge in [-0.05, 0) is 13.3 Å². The monoisotopic (exact) mass is 241 g/mol. The van der Waals surface area contributed by atoms with E-state index in [-0.39, 0.29) is 18.0 Å².